The van der Waals surface area contributed by atoms with Gasteiger partial charge in [-0.05, 0) is 54.6 Å². The fourth-order valence-corrected chi connectivity index (χ4v) is 6.13. The van der Waals surface area contributed by atoms with Crippen molar-refractivity contribution in [2.45, 2.75) is 85.9 Å². The van der Waals surface area contributed by atoms with Crippen molar-refractivity contribution in [2.75, 3.05) is 20.7 Å². The molecule has 39 heavy (non-hydrogen) atoms. The lowest BCUT2D eigenvalue weighted by molar-refractivity contribution is -0.141. The highest BCUT2D eigenvalue weighted by Crippen LogP contribution is 2.37. The van der Waals surface area contributed by atoms with E-state index in [0.29, 0.717) is 5.57 Å². The first-order valence-corrected chi connectivity index (χ1v) is 14.5. The zero-order valence-corrected chi connectivity index (χ0v) is 26.3. The van der Waals surface area contributed by atoms with E-state index in [4.69, 9.17) is 4.74 Å². The molecule has 8 heteroatoms. The fraction of sp³-hybridized carbons (Fsp3) is 0.581. The number of thiophene rings is 1. The molecule has 7 nitrogen and oxygen atoms in total. The molecular formula is C31H47N3O4S. The topological polar surface area (TPSA) is 87.7 Å². The number of hydrogen-bond acceptors (Lipinski definition) is 6. The maximum Gasteiger partial charge on any atom is 0.333 e. The average Bonchev–Trinajstić information content (AvgIpc) is 3.29. The van der Waals surface area contributed by atoms with E-state index >= 15 is 0 Å². The van der Waals surface area contributed by atoms with Crippen molar-refractivity contribution in [3.8, 4) is 0 Å². The number of esters is 1. The normalized spacial score (nSPS) is 15.1. The van der Waals surface area contributed by atoms with Crippen LogP contribution in [0.3, 0.4) is 0 Å². The van der Waals surface area contributed by atoms with Gasteiger partial charge in [-0.1, -0.05) is 72.7 Å². The molecule has 0 fully saturated rings. The van der Waals surface area contributed by atoms with Crippen LogP contribution in [0.15, 0.2) is 41.3 Å². The molecule has 0 unspecified atom stereocenters. The molecular weight excluding hydrogens is 510 g/mol. The highest BCUT2D eigenvalue weighted by molar-refractivity contribution is 7.17. The summed E-state index contributed by atoms with van der Waals surface area (Å²) < 4.78 is 6.31. The molecule has 0 bridgehead atoms. The Morgan fingerprint density at radius 2 is 1.69 bits per heavy atom. The Morgan fingerprint density at radius 1 is 1.08 bits per heavy atom. The van der Waals surface area contributed by atoms with Gasteiger partial charge in [0.2, 0.25) is 11.8 Å². The van der Waals surface area contributed by atoms with E-state index in [9.17, 15) is 14.4 Å². The predicted octanol–water partition coefficient (Wildman–Crippen LogP) is 5.29. The minimum Gasteiger partial charge on any atom is -0.463 e. The minimum atomic E-state index is -0.779. The quantitative estimate of drug-likeness (QED) is 0.290. The smallest absolute Gasteiger partial charge is 0.333 e. The molecule has 1 aromatic heterocycles. The number of carbonyl (C=O) groups is 3. The Labute approximate surface area is 238 Å². The van der Waals surface area contributed by atoms with Gasteiger partial charge >= 0.3 is 5.97 Å². The number of hydrogen-bond donors (Lipinski definition) is 2. The van der Waals surface area contributed by atoms with Gasteiger partial charge in [-0.2, -0.15) is 0 Å². The van der Waals surface area contributed by atoms with E-state index in [2.05, 4.69) is 42.0 Å². The number of fused-ring (bicyclic) bond motifs is 1. The van der Waals surface area contributed by atoms with Crippen LogP contribution in [0.2, 0.25) is 0 Å². The van der Waals surface area contributed by atoms with Gasteiger partial charge in [0.15, 0.2) is 0 Å². The van der Waals surface area contributed by atoms with E-state index in [-0.39, 0.29) is 30.4 Å². The third kappa shape index (κ3) is 7.48. The fourth-order valence-electron chi connectivity index (χ4n) is 5.00. The maximum absolute atomic E-state index is 14.0. The minimum absolute atomic E-state index is 0.0375. The van der Waals surface area contributed by atoms with Crippen molar-refractivity contribution in [1.29, 1.82) is 0 Å². The molecule has 0 saturated carbocycles. The maximum atomic E-state index is 14.0. The van der Waals surface area contributed by atoms with Crippen LogP contribution in [0.4, 0.5) is 0 Å². The molecule has 0 aliphatic carbocycles. The van der Waals surface area contributed by atoms with Gasteiger partial charge in [0.05, 0.1) is 18.7 Å². The first-order valence-electron chi connectivity index (χ1n) is 13.6. The third-order valence-corrected chi connectivity index (χ3v) is 8.31. The van der Waals surface area contributed by atoms with Gasteiger partial charge in [-0.3, -0.25) is 9.59 Å². The average molecular weight is 558 g/mol. The largest absolute Gasteiger partial charge is 0.463 e. The van der Waals surface area contributed by atoms with Crippen molar-refractivity contribution in [3.05, 3.63) is 46.9 Å². The summed E-state index contributed by atoms with van der Waals surface area (Å²) >= 11 is 1.66. The van der Waals surface area contributed by atoms with Gasteiger partial charge in [-0.15, -0.1) is 11.3 Å². The van der Waals surface area contributed by atoms with E-state index in [1.165, 1.54) is 4.70 Å². The summed E-state index contributed by atoms with van der Waals surface area (Å²) in [6.45, 7) is 17.7. The summed E-state index contributed by atoms with van der Waals surface area (Å²) in [7, 11) is 3.50. The second-order valence-corrected chi connectivity index (χ2v) is 13.1. The van der Waals surface area contributed by atoms with Crippen molar-refractivity contribution in [3.63, 3.8) is 0 Å². The summed E-state index contributed by atoms with van der Waals surface area (Å²) in [5, 5.41) is 9.56. The van der Waals surface area contributed by atoms with E-state index in [1.54, 1.807) is 50.3 Å². The SMILES string of the molecule is CCOC(=O)/C(C)=C/[C@H](C(C)C)N(C)C(=O)[C@@H](NC(=O)[C@@H](NC)C(C)(C)c1csc2ccccc12)C(C)(C)C. The highest BCUT2D eigenvalue weighted by atomic mass is 32.1. The first kappa shape index (κ1) is 32.5. The molecule has 2 rings (SSSR count). The number of benzene rings is 1. The summed E-state index contributed by atoms with van der Waals surface area (Å²) in [6, 6.07) is 6.49. The predicted molar refractivity (Wildman–Crippen MR) is 161 cm³/mol. The molecule has 216 valence electrons. The van der Waals surface area contributed by atoms with Crippen LogP contribution in [0, 0.1) is 11.3 Å². The Balaban J connectivity index is 2.38. The highest BCUT2D eigenvalue weighted by Gasteiger charge is 2.42. The molecule has 0 aliphatic rings. The Kier molecular flexibility index (Phi) is 10.9. The lowest BCUT2D eigenvalue weighted by Crippen LogP contribution is -2.61. The number of nitrogens with zero attached hydrogens (tertiary/aromatic N) is 1. The van der Waals surface area contributed by atoms with Crippen LogP contribution in [-0.2, 0) is 24.5 Å². The van der Waals surface area contributed by atoms with Crippen molar-refractivity contribution in [2.24, 2.45) is 11.3 Å². The van der Waals surface area contributed by atoms with Crippen LogP contribution in [0.25, 0.3) is 10.1 Å². The Morgan fingerprint density at radius 3 is 2.23 bits per heavy atom. The van der Waals surface area contributed by atoms with Gasteiger partial charge in [0, 0.05) is 22.7 Å². The van der Waals surface area contributed by atoms with Crippen LogP contribution in [0.5, 0.6) is 0 Å². The summed E-state index contributed by atoms with van der Waals surface area (Å²) in [5.74, 6) is -0.810. The lowest BCUT2D eigenvalue weighted by Gasteiger charge is -2.39. The first-order chi connectivity index (χ1) is 18.1. The molecule has 2 amide bonds. The lowest BCUT2D eigenvalue weighted by atomic mass is 9.76. The van der Waals surface area contributed by atoms with Crippen LogP contribution >= 0.6 is 11.3 Å². The number of carbonyl (C=O) groups excluding carboxylic acids is 3. The number of ether oxygens (including phenoxy) is 1. The van der Waals surface area contributed by atoms with Crippen molar-refractivity contribution in [1.82, 2.24) is 15.5 Å². The second-order valence-electron chi connectivity index (χ2n) is 12.2. The summed E-state index contributed by atoms with van der Waals surface area (Å²) in [6.07, 6.45) is 1.78. The Bertz CT molecular complexity index is 1190. The molecule has 0 aliphatic heterocycles. The zero-order valence-electron chi connectivity index (χ0n) is 25.5. The monoisotopic (exact) mass is 557 g/mol. The summed E-state index contributed by atoms with van der Waals surface area (Å²) in [5.41, 5.74) is 0.440. The molecule has 0 radical (unpaired) electrons. The Hall–Kier alpha value is -2.71. The van der Waals surface area contributed by atoms with Gasteiger partial charge in [0.25, 0.3) is 0 Å². The van der Waals surface area contributed by atoms with Gasteiger partial charge in [-0.25, -0.2) is 4.79 Å². The van der Waals surface area contributed by atoms with E-state index in [1.807, 2.05) is 46.8 Å². The zero-order chi connectivity index (χ0) is 29.7. The number of rotatable bonds is 11. The van der Waals surface area contributed by atoms with Gasteiger partial charge < -0.3 is 20.3 Å². The van der Waals surface area contributed by atoms with Gasteiger partial charge in [0.1, 0.15) is 6.04 Å². The standard InChI is InChI=1S/C31H47N3O4S/c1-12-38-29(37)20(4)17-23(19(2)3)34(11)28(36)26(30(5,6)7)33-27(35)25(32-10)31(8,9)22-18-39-24-16-14-13-15-21(22)24/h13-19,23,25-26,32H,12H2,1-11H3,(H,33,35)/b20-17+/t23-,25-,26-/m1/s1. The number of nitrogens with one attached hydrogen (secondary N) is 2. The number of amides is 2. The van der Waals surface area contributed by atoms with E-state index in [0.717, 1.165) is 10.9 Å². The summed E-state index contributed by atoms with van der Waals surface area (Å²) in [4.78, 5) is 41.7. The number of likely N-dealkylation sites (N-methyl/N-ethyl adjacent to an activating group) is 2. The van der Waals surface area contributed by atoms with Crippen LogP contribution in [-0.4, -0.2) is 61.5 Å². The van der Waals surface area contributed by atoms with Crippen LogP contribution < -0.4 is 10.6 Å². The molecule has 0 spiro atoms. The second kappa shape index (κ2) is 13.1. The van der Waals surface area contributed by atoms with Crippen molar-refractivity contribution >= 4 is 39.2 Å². The third-order valence-electron chi connectivity index (χ3n) is 7.34. The molecule has 2 N–H and O–H groups in total. The molecule has 0 saturated heterocycles. The molecule has 1 heterocycles. The van der Waals surface area contributed by atoms with Crippen LogP contribution in [0.1, 0.15) is 67.9 Å². The molecule has 1 aromatic carbocycles. The molecule has 2 aromatic rings. The molecule has 3 atom stereocenters. The van der Waals surface area contributed by atoms with Crippen molar-refractivity contribution < 1.29 is 19.1 Å². The van der Waals surface area contributed by atoms with E-state index < -0.39 is 28.9 Å².